The Morgan fingerprint density at radius 1 is 1.04 bits per heavy atom. The number of rotatable bonds is 6. The van der Waals surface area contributed by atoms with E-state index in [1.807, 2.05) is 48.5 Å². The molecule has 3 aromatic rings. The molecule has 2 aromatic carbocycles. The van der Waals surface area contributed by atoms with Crippen LogP contribution in [-0.4, -0.2) is 15.6 Å². The maximum atomic E-state index is 11.9. The minimum absolute atomic E-state index is 0.209. The number of aromatic nitrogens is 1. The number of carbonyl (C=O) groups excluding carboxylic acids is 1. The molecule has 0 unspecified atom stereocenters. The van der Waals surface area contributed by atoms with Crippen LogP contribution in [0.2, 0.25) is 0 Å². The van der Waals surface area contributed by atoms with Crippen LogP contribution in [0.3, 0.4) is 0 Å². The van der Waals surface area contributed by atoms with Crippen molar-refractivity contribution in [1.29, 1.82) is 0 Å². The molecule has 0 aliphatic carbocycles. The number of nitrogens with zero attached hydrogens (tertiary/aromatic N) is 1. The molecule has 0 atom stereocenters. The van der Waals surface area contributed by atoms with Gasteiger partial charge in [-0.15, -0.1) is 0 Å². The molecule has 0 saturated carbocycles. The van der Waals surface area contributed by atoms with E-state index in [-0.39, 0.29) is 12.3 Å². The van der Waals surface area contributed by atoms with Crippen LogP contribution >= 0.6 is 12.2 Å². The van der Waals surface area contributed by atoms with Crippen LogP contribution in [0.5, 0.6) is 0 Å². The topological polar surface area (TPSA) is 88.3 Å². The van der Waals surface area contributed by atoms with Gasteiger partial charge in [0.2, 0.25) is 5.91 Å². The second-order valence-electron chi connectivity index (χ2n) is 5.93. The summed E-state index contributed by atoms with van der Waals surface area (Å²) in [6.45, 7) is 0.971. The number of hydrogen-bond donors (Lipinski definition) is 3. The lowest BCUT2D eigenvalue weighted by molar-refractivity contribution is -0.121. The third-order valence-electron chi connectivity index (χ3n) is 3.97. The lowest BCUT2D eigenvalue weighted by Gasteiger charge is -2.11. The Bertz CT molecular complexity index is 981. The summed E-state index contributed by atoms with van der Waals surface area (Å²) in [5, 5.41) is 3.35. The van der Waals surface area contributed by atoms with Crippen molar-refractivity contribution in [2.45, 2.75) is 25.9 Å². The van der Waals surface area contributed by atoms with Crippen LogP contribution in [0, 0.1) is 0 Å². The molecule has 8 heteroatoms. The molecule has 0 radical (unpaired) electrons. The monoisotopic (exact) mass is 384 g/mol. The predicted octanol–water partition coefficient (Wildman–Crippen LogP) is 2.07. The Balaban J connectivity index is 1.39. The van der Waals surface area contributed by atoms with Crippen molar-refractivity contribution in [2.24, 2.45) is 0 Å². The minimum atomic E-state index is -0.416. The fraction of sp³-hybridized carbons (Fsp3) is 0.211. The summed E-state index contributed by atoms with van der Waals surface area (Å²) in [6, 6.07) is 17.0. The highest BCUT2D eigenvalue weighted by Gasteiger charge is 2.09. The number of carbonyl (C=O) groups is 1. The van der Waals surface area contributed by atoms with Gasteiger partial charge < -0.3 is 9.73 Å². The molecular weight excluding hydrogens is 364 g/mol. The van der Waals surface area contributed by atoms with Gasteiger partial charge in [0.05, 0.1) is 5.52 Å². The zero-order valence-corrected chi connectivity index (χ0v) is 15.4. The second kappa shape index (κ2) is 9.00. The largest absolute Gasteiger partial charge is 0.419 e. The Labute approximate surface area is 161 Å². The van der Waals surface area contributed by atoms with Gasteiger partial charge in [0.15, 0.2) is 10.7 Å². The van der Waals surface area contributed by atoms with E-state index in [1.165, 1.54) is 4.57 Å². The molecule has 0 spiro atoms. The van der Waals surface area contributed by atoms with Crippen LogP contribution in [0.1, 0.15) is 18.4 Å². The zero-order valence-electron chi connectivity index (χ0n) is 14.6. The third-order valence-corrected chi connectivity index (χ3v) is 4.22. The van der Waals surface area contributed by atoms with Crippen LogP contribution < -0.4 is 21.9 Å². The first-order valence-electron chi connectivity index (χ1n) is 8.58. The van der Waals surface area contributed by atoms with Crippen LogP contribution in [0.15, 0.2) is 63.8 Å². The molecule has 1 aromatic heterocycles. The molecule has 0 aliphatic rings. The number of oxazole rings is 1. The Morgan fingerprint density at radius 2 is 1.78 bits per heavy atom. The lowest BCUT2D eigenvalue weighted by Crippen LogP contribution is -2.46. The molecule has 1 heterocycles. The second-order valence-corrected chi connectivity index (χ2v) is 6.34. The van der Waals surface area contributed by atoms with E-state index in [1.54, 1.807) is 6.07 Å². The molecule has 3 rings (SSSR count). The first-order valence-corrected chi connectivity index (χ1v) is 8.99. The summed E-state index contributed by atoms with van der Waals surface area (Å²) in [4.78, 5) is 23.8. The van der Waals surface area contributed by atoms with Gasteiger partial charge in [0.1, 0.15) is 0 Å². The standard InChI is InChI=1S/C19H20N4O3S/c24-17(21-22-18(27)20-13-14-7-2-1-3-8-14)11-6-12-23-15-9-4-5-10-16(15)26-19(23)25/h1-5,7-10H,6,11-13H2,(H,21,24)(H2,20,22,27). The summed E-state index contributed by atoms with van der Waals surface area (Å²) < 4.78 is 6.70. The molecule has 0 fully saturated rings. The quantitative estimate of drug-likeness (QED) is 0.445. The number of thiocarbonyl (C=S) groups is 1. The van der Waals surface area contributed by atoms with Gasteiger partial charge in [-0.25, -0.2) is 4.79 Å². The van der Waals surface area contributed by atoms with E-state index in [0.717, 1.165) is 11.1 Å². The molecule has 0 aliphatic heterocycles. The van der Waals surface area contributed by atoms with Crippen molar-refractivity contribution in [2.75, 3.05) is 0 Å². The van der Waals surface area contributed by atoms with Gasteiger partial charge in [-0.05, 0) is 36.3 Å². The smallest absolute Gasteiger partial charge is 0.408 e. The van der Waals surface area contributed by atoms with Crippen LogP contribution in [-0.2, 0) is 17.9 Å². The molecule has 27 heavy (non-hydrogen) atoms. The Morgan fingerprint density at radius 3 is 2.59 bits per heavy atom. The number of fused-ring (bicyclic) bond motifs is 1. The summed E-state index contributed by atoms with van der Waals surface area (Å²) in [7, 11) is 0. The molecule has 0 saturated heterocycles. The van der Waals surface area contributed by atoms with E-state index in [0.29, 0.717) is 30.2 Å². The van der Waals surface area contributed by atoms with E-state index in [2.05, 4.69) is 16.2 Å². The average molecular weight is 384 g/mol. The van der Waals surface area contributed by atoms with E-state index in [4.69, 9.17) is 16.6 Å². The number of hydrogen-bond acceptors (Lipinski definition) is 4. The lowest BCUT2D eigenvalue weighted by atomic mass is 10.2. The SMILES string of the molecule is O=C(CCCn1c(=O)oc2ccccc21)NNC(=S)NCc1ccccc1. The third kappa shape index (κ3) is 5.18. The first kappa shape index (κ1) is 18.7. The van der Waals surface area contributed by atoms with Gasteiger partial charge in [0, 0.05) is 19.5 Å². The average Bonchev–Trinajstić information content (AvgIpc) is 3.01. The molecule has 140 valence electrons. The highest BCUT2D eigenvalue weighted by atomic mass is 32.1. The highest BCUT2D eigenvalue weighted by molar-refractivity contribution is 7.80. The first-order chi connectivity index (χ1) is 13.1. The number of para-hydroxylation sites is 2. The van der Waals surface area contributed by atoms with Crippen molar-refractivity contribution in [1.82, 2.24) is 20.7 Å². The van der Waals surface area contributed by atoms with Crippen molar-refractivity contribution < 1.29 is 9.21 Å². The molecule has 0 bridgehead atoms. The summed E-state index contributed by atoms with van der Waals surface area (Å²) in [5.74, 6) is -0.624. The highest BCUT2D eigenvalue weighted by Crippen LogP contribution is 2.12. The summed E-state index contributed by atoms with van der Waals surface area (Å²) in [6.07, 6.45) is 0.751. The van der Waals surface area contributed by atoms with Gasteiger partial charge in [-0.1, -0.05) is 42.5 Å². The number of hydrazine groups is 1. The van der Waals surface area contributed by atoms with Gasteiger partial charge in [-0.3, -0.25) is 20.2 Å². The summed E-state index contributed by atoms with van der Waals surface area (Å²) in [5.41, 5.74) is 7.58. The van der Waals surface area contributed by atoms with Crippen molar-refractivity contribution in [3.05, 3.63) is 70.7 Å². The number of nitrogens with one attached hydrogen (secondary N) is 3. The Hall–Kier alpha value is -3.13. The number of benzene rings is 2. The van der Waals surface area contributed by atoms with Crippen LogP contribution in [0.25, 0.3) is 11.1 Å². The predicted molar refractivity (Wildman–Crippen MR) is 107 cm³/mol. The fourth-order valence-electron chi connectivity index (χ4n) is 2.63. The summed E-state index contributed by atoms with van der Waals surface area (Å²) >= 11 is 5.12. The van der Waals surface area contributed by atoms with Gasteiger partial charge in [-0.2, -0.15) is 0 Å². The maximum absolute atomic E-state index is 11.9. The van der Waals surface area contributed by atoms with Gasteiger partial charge in [0.25, 0.3) is 0 Å². The molecule has 1 amide bonds. The minimum Gasteiger partial charge on any atom is -0.408 e. The zero-order chi connectivity index (χ0) is 19.1. The normalized spacial score (nSPS) is 10.5. The number of aryl methyl sites for hydroxylation is 1. The molecular formula is C19H20N4O3S. The van der Waals surface area contributed by atoms with E-state index < -0.39 is 5.76 Å². The number of amides is 1. The maximum Gasteiger partial charge on any atom is 0.419 e. The van der Waals surface area contributed by atoms with E-state index >= 15 is 0 Å². The van der Waals surface area contributed by atoms with E-state index in [9.17, 15) is 9.59 Å². The van der Waals surface area contributed by atoms with Crippen LogP contribution in [0.4, 0.5) is 0 Å². The van der Waals surface area contributed by atoms with Crippen molar-refractivity contribution >= 4 is 34.3 Å². The van der Waals surface area contributed by atoms with Gasteiger partial charge >= 0.3 is 5.76 Å². The Kier molecular flexibility index (Phi) is 6.22. The van der Waals surface area contributed by atoms with Crippen molar-refractivity contribution in [3.63, 3.8) is 0 Å². The fourth-order valence-corrected chi connectivity index (χ4v) is 2.76. The molecule has 3 N–H and O–H groups in total. The van der Waals surface area contributed by atoms with Crippen molar-refractivity contribution in [3.8, 4) is 0 Å². The molecule has 7 nitrogen and oxygen atoms in total.